The number of hydrogen-bond donors (Lipinski definition) is 1. The predicted molar refractivity (Wildman–Crippen MR) is 63.3 cm³/mol. The third-order valence-corrected chi connectivity index (χ3v) is 2.63. The molecule has 1 amide bonds. The molecule has 2 aromatic rings. The Kier molecular flexibility index (Phi) is 3.05. The zero-order valence-electron chi connectivity index (χ0n) is 8.53. The maximum absolute atomic E-state index is 11.8. The number of amides is 1. The molecule has 0 saturated carbocycles. The van der Waals surface area contributed by atoms with Crippen LogP contribution in [0.1, 0.15) is 15.9 Å². The molecule has 0 spiro atoms. The summed E-state index contributed by atoms with van der Waals surface area (Å²) in [5.41, 5.74) is 1.49. The van der Waals surface area contributed by atoms with Gasteiger partial charge in [-0.05, 0) is 46.6 Å². The maximum Gasteiger partial charge on any atom is 0.261 e. The van der Waals surface area contributed by atoms with Gasteiger partial charge in [0.15, 0.2) is 4.67 Å². The van der Waals surface area contributed by atoms with Crippen molar-refractivity contribution < 1.29 is 9.21 Å². The molecule has 4 nitrogen and oxygen atoms in total. The highest BCUT2D eigenvalue weighted by Crippen LogP contribution is 2.18. The molecule has 16 heavy (non-hydrogen) atoms. The van der Waals surface area contributed by atoms with Gasteiger partial charge in [0, 0.05) is 6.20 Å². The van der Waals surface area contributed by atoms with E-state index in [9.17, 15) is 4.79 Å². The maximum atomic E-state index is 11.8. The van der Waals surface area contributed by atoms with Gasteiger partial charge in [0.2, 0.25) is 0 Å². The van der Waals surface area contributed by atoms with Gasteiger partial charge in [-0.1, -0.05) is 0 Å². The fourth-order valence-electron chi connectivity index (χ4n) is 1.24. The molecular formula is C11H9BrN2O2. The molecule has 0 aliphatic rings. The van der Waals surface area contributed by atoms with Crippen LogP contribution >= 0.6 is 15.9 Å². The highest BCUT2D eigenvalue weighted by Gasteiger charge is 2.12. The second-order valence-electron chi connectivity index (χ2n) is 3.28. The molecule has 0 saturated heterocycles. The molecule has 0 aliphatic carbocycles. The van der Waals surface area contributed by atoms with Crippen LogP contribution in [0.25, 0.3) is 0 Å². The van der Waals surface area contributed by atoms with Crippen molar-refractivity contribution in [1.29, 1.82) is 0 Å². The Labute approximate surface area is 101 Å². The van der Waals surface area contributed by atoms with Crippen molar-refractivity contribution in [1.82, 2.24) is 4.98 Å². The Bertz CT molecular complexity index is 522. The Morgan fingerprint density at radius 3 is 2.94 bits per heavy atom. The van der Waals surface area contributed by atoms with E-state index in [2.05, 4.69) is 26.2 Å². The summed E-state index contributed by atoms with van der Waals surface area (Å²) in [6, 6.07) is 5.25. The standard InChI is InChI=1S/C11H9BrN2O2/c1-7-2-4-13-9(6-7)14-11(15)8-3-5-16-10(8)12/h2-6H,1H3,(H,13,14,15). The molecule has 2 rings (SSSR count). The van der Waals surface area contributed by atoms with Crippen molar-refractivity contribution >= 4 is 27.7 Å². The minimum Gasteiger partial charge on any atom is -0.457 e. The van der Waals surface area contributed by atoms with Crippen LogP contribution in [0.2, 0.25) is 0 Å². The van der Waals surface area contributed by atoms with E-state index < -0.39 is 0 Å². The van der Waals surface area contributed by atoms with Gasteiger partial charge in [0.25, 0.3) is 5.91 Å². The summed E-state index contributed by atoms with van der Waals surface area (Å²) in [6.07, 6.45) is 3.10. The second kappa shape index (κ2) is 4.49. The summed E-state index contributed by atoms with van der Waals surface area (Å²) >= 11 is 3.15. The van der Waals surface area contributed by atoms with Crippen molar-refractivity contribution in [3.8, 4) is 0 Å². The van der Waals surface area contributed by atoms with E-state index in [1.165, 1.54) is 6.26 Å². The molecule has 2 heterocycles. The minimum atomic E-state index is -0.251. The van der Waals surface area contributed by atoms with Crippen molar-refractivity contribution in [2.75, 3.05) is 5.32 Å². The average molecular weight is 281 g/mol. The lowest BCUT2D eigenvalue weighted by Gasteiger charge is -2.03. The first-order chi connectivity index (χ1) is 7.66. The third kappa shape index (κ3) is 2.30. The summed E-state index contributed by atoms with van der Waals surface area (Å²) in [5, 5.41) is 2.69. The van der Waals surface area contributed by atoms with E-state index in [-0.39, 0.29) is 5.91 Å². The fourth-order valence-corrected chi connectivity index (χ4v) is 1.66. The number of aryl methyl sites for hydroxylation is 1. The lowest BCUT2D eigenvalue weighted by molar-refractivity contribution is 0.102. The number of rotatable bonds is 2. The Morgan fingerprint density at radius 1 is 1.50 bits per heavy atom. The summed E-state index contributed by atoms with van der Waals surface area (Å²) < 4.78 is 5.40. The van der Waals surface area contributed by atoms with Crippen molar-refractivity contribution in [2.45, 2.75) is 6.92 Å². The van der Waals surface area contributed by atoms with Crippen molar-refractivity contribution in [3.63, 3.8) is 0 Å². The zero-order chi connectivity index (χ0) is 11.5. The Hall–Kier alpha value is -1.62. The van der Waals surface area contributed by atoms with Crippen LogP contribution in [0.5, 0.6) is 0 Å². The first kappa shape index (κ1) is 10.9. The molecule has 0 aliphatic heterocycles. The van der Waals surface area contributed by atoms with E-state index in [1.807, 2.05) is 13.0 Å². The van der Waals surface area contributed by atoms with Crippen molar-refractivity contribution in [3.05, 3.63) is 46.5 Å². The SMILES string of the molecule is Cc1ccnc(NC(=O)c2ccoc2Br)c1. The van der Waals surface area contributed by atoms with Crippen LogP contribution in [-0.4, -0.2) is 10.9 Å². The molecule has 5 heteroatoms. The number of halogens is 1. The van der Waals surface area contributed by atoms with Gasteiger partial charge in [-0.15, -0.1) is 0 Å². The zero-order valence-corrected chi connectivity index (χ0v) is 10.1. The average Bonchev–Trinajstić information content (AvgIpc) is 2.64. The number of carbonyl (C=O) groups excluding carboxylic acids is 1. The largest absolute Gasteiger partial charge is 0.457 e. The van der Waals surface area contributed by atoms with E-state index >= 15 is 0 Å². The van der Waals surface area contributed by atoms with Gasteiger partial charge in [-0.2, -0.15) is 0 Å². The van der Waals surface area contributed by atoms with E-state index in [0.717, 1.165) is 5.56 Å². The number of pyridine rings is 1. The van der Waals surface area contributed by atoms with E-state index in [1.54, 1.807) is 18.3 Å². The smallest absolute Gasteiger partial charge is 0.261 e. The lowest BCUT2D eigenvalue weighted by Crippen LogP contribution is -2.12. The molecular weight excluding hydrogens is 272 g/mol. The van der Waals surface area contributed by atoms with Gasteiger partial charge in [0.05, 0.1) is 11.8 Å². The number of carbonyl (C=O) groups is 1. The summed E-state index contributed by atoms with van der Waals surface area (Å²) in [5.74, 6) is 0.275. The molecule has 2 aromatic heterocycles. The lowest BCUT2D eigenvalue weighted by atomic mass is 10.3. The number of furan rings is 1. The van der Waals surface area contributed by atoms with Gasteiger partial charge >= 0.3 is 0 Å². The third-order valence-electron chi connectivity index (χ3n) is 2.02. The first-order valence-electron chi connectivity index (χ1n) is 4.64. The second-order valence-corrected chi connectivity index (χ2v) is 4.00. The molecule has 0 aromatic carbocycles. The highest BCUT2D eigenvalue weighted by molar-refractivity contribution is 9.10. The van der Waals surface area contributed by atoms with Gasteiger partial charge in [-0.25, -0.2) is 4.98 Å². The molecule has 82 valence electrons. The summed E-state index contributed by atoms with van der Waals surface area (Å²) in [7, 11) is 0. The highest BCUT2D eigenvalue weighted by atomic mass is 79.9. The summed E-state index contributed by atoms with van der Waals surface area (Å²) in [4.78, 5) is 15.8. The molecule has 0 radical (unpaired) electrons. The van der Waals surface area contributed by atoms with Gasteiger partial charge < -0.3 is 9.73 Å². The van der Waals surface area contributed by atoms with Crippen LogP contribution in [0.3, 0.4) is 0 Å². The molecule has 1 N–H and O–H groups in total. The number of hydrogen-bond acceptors (Lipinski definition) is 3. The molecule has 0 unspecified atom stereocenters. The summed E-state index contributed by atoms with van der Waals surface area (Å²) in [6.45, 7) is 1.94. The van der Waals surface area contributed by atoms with Crippen molar-refractivity contribution in [2.24, 2.45) is 0 Å². The predicted octanol–water partition coefficient (Wildman–Crippen LogP) is 3.00. The topological polar surface area (TPSA) is 55.1 Å². The van der Waals surface area contributed by atoms with E-state index in [0.29, 0.717) is 16.1 Å². The fraction of sp³-hybridized carbons (Fsp3) is 0.0909. The van der Waals surface area contributed by atoms with Gasteiger partial charge in [0.1, 0.15) is 5.82 Å². The number of nitrogens with one attached hydrogen (secondary N) is 1. The first-order valence-corrected chi connectivity index (χ1v) is 5.43. The molecule has 0 bridgehead atoms. The number of nitrogens with zero attached hydrogens (tertiary/aromatic N) is 1. The number of aromatic nitrogens is 1. The Balaban J connectivity index is 2.17. The normalized spacial score (nSPS) is 10.1. The quantitative estimate of drug-likeness (QED) is 0.920. The van der Waals surface area contributed by atoms with Crippen LogP contribution in [0.15, 0.2) is 39.7 Å². The van der Waals surface area contributed by atoms with Gasteiger partial charge in [-0.3, -0.25) is 4.79 Å². The van der Waals surface area contributed by atoms with Crippen LogP contribution in [0, 0.1) is 6.92 Å². The number of anilines is 1. The monoisotopic (exact) mass is 280 g/mol. The van der Waals surface area contributed by atoms with Crippen LogP contribution in [-0.2, 0) is 0 Å². The van der Waals surface area contributed by atoms with Crippen LogP contribution < -0.4 is 5.32 Å². The molecule has 0 atom stereocenters. The van der Waals surface area contributed by atoms with E-state index in [4.69, 9.17) is 4.42 Å². The minimum absolute atomic E-state index is 0.251. The molecule has 0 fully saturated rings. The Morgan fingerprint density at radius 2 is 2.31 bits per heavy atom. The van der Waals surface area contributed by atoms with Crippen LogP contribution in [0.4, 0.5) is 5.82 Å².